The van der Waals surface area contributed by atoms with Gasteiger partial charge in [0, 0.05) is 17.3 Å². The highest BCUT2D eigenvalue weighted by molar-refractivity contribution is 6.31. The van der Waals surface area contributed by atoms with Crippen molar-refractivity contribution in [3.05, 3.63) is 28.8 Å². The highest BCUT2D eigenvalue weighted by Gasteiger charge is 2.34. The van der Waals surface area contributed by atoms with Crippen molar-refractivity contribution in [2.24, 2.45) is 5.92 Å². The molecular weight excluding hydrogens is 293 g/mol. The minimum atomic E-state index is -4.45. The van der Waals surface area contributed by atoms with E-state index in [1.807, 2.05) is 0 Å². The van der Waals surface area contributed by atoms with Crippen LogP contribution in [0.1, 0.15) is 24.2 Å². The van der Waals surface area contributed by atoms with E-state index in [1.54, 1.807) is 13.8 Å². The minimum absolute atomic E-state index is 0.000407. The van der Waals surface area contributed by atoms with Crippen molar-refractivity contribution in [1.29, 1.82) is 0 Å². The Morgan fingerprint density at radius 1 is 1.40 bits per heavy atom. The van der Waals surface area contributed by atoms with Crippen molar-refractivity contribution in [2.75, 3.05) is 18.8 Å². The van der Waals surface area contributed by atoms with Gasteiger partial charge in [-0.15, -0.1) is 0 Å². The van der Waals surface area contributed by atoms with Crippen LogP contribution < -0.4 is 5.73 Å². The lowest BCUT2D eigenvalue weighted by Crippen LogP contribution is -2.41. The highest BCUT2D eigenvalue weighted by atomic mass is 35.5. The maximum Gasteiger partial charge on any atom is 0.406 e. The lowest BCUT2D eigenvalue weighted by molar-refractivity contribution is -0.141. The van der Waals surface area contributed by atoms with E-state index in [9.17, 15) is 18.0 Å². The SMILES string of the molecule is CC(C)CN(CC(F)(F)F)C(=O)c1ccc(Cl)cc1N. The maximum absolute atomic E-state index is 12.6. The third kappa shape index (κ3) is 4.92. The first kappa shape index (κ1) is 16.6. The topological polar surface area (TPSA) is 46.3 Å². The van der Waals surface area contributed by atoms with Crippen LogP contribution in [0.15, 0.2) is 18.2 Å². The number of nitrogens with zero attached hydrogens (tertiary/aromatic N) is 1. The second-order valence-electron chi connectivity index (χ2n) is 4.93. The standard InChI is InChI=1S/C13H16ClF3N2O/c1-8(2)6-19(7-13(15,16)17)12(20)10-4-3-9(14)5-11(10)18/h3-5,8H,6-7,18H2,1-2H3. The molecule has 0 unspecified atom stereocenters. The van der Waals surface area contributed by atoms with Crippen LogP contribution >= 0.6 is 11.6 Å². The smallest absolute Gasteiger partial charge is 0.398 e. The normalized spacial score (nSPS) is 11.8. The van der Waals surface area contributed by atoms with Gasteiger partial charge in [0.05, 0.1) is 5.56 Å². The number of amides is 1. The Bertz CT molecular complexity index is 489. The second-order valence-corrected chi connectivity index (χ2v) is 5.36. The average molecular weight is 309 g/mol. The van der Waals surface area contributed by atoms with E-state index >= 15 is 0 Å². The Morgan fingerprint density at radius 3 is 2.45 bits per heavy atom. The summed E-state index contributed by atoms with van der Waals surface area (Å²) in [5.41, 5.74) is 5.74. The maximum atomic E-state index is 12.6. The predicted molar refractivity (Wildman–Crippen MR) is 72.7 cm³/mol. The quantitative estimate of drug-likeness (QED) is 0.864. The van der Waals surface area contributed by atoms with Crippen molar-refractivity contribution in [3.8, 4) is 0 Å². The lowest BCUT2D eigenvalue weighted by Gasteiger charge is -2.26. The fourth-order valence-electron chi connectivity index (χ4n) is 1.78. The Hall–Kier alpha value is -1.43. The van der Waals surface area contributed by atoms with Crippen LogP contribution in [-0.2, 0) is 0 Å². The molecule has 2 N–H and O–H groups in total. The van der Waals surface area contributed by atoms with E-state index in [0.29, 0.717) is 5.02 Å². The number of benzene rings is 1. The van der Waals surface area contributed by atoms with E-state index in [-0.39, 0.29) is 23.7 Å². The Balaban J connectivity index is 3.03. The molecule has 0 atom stereocenters. The van der Waals surface area contributed by atoms with E-state index in [4.69, 9.17) is 17.3 Å². The summed E-state index contributed by atoms with van der Waals surface area (Å²) in [6, 6.07) is 4.10. The molecule has 0 fully saturated rings. The van der Waals surface area contributed by atoms with Crippen LogP contribution in [0.4, 0.5) is 18.9 Å². The van der Waals surface area contributed by atoms with E-state index < -0.39 is 18.6 Å². The number of nitrogens with two attached hydrogens (primary N) is 1. The van der Waals surface area contributed by atoms with E-state index in [2.05, 4.69) is 0 Å². The molecule has 1 aromatic carbocycles. The number of hydrogen-bond acceptors (Lipinski definition) is 2. The molecule has 0 aliphatic carbocycles. The zero-order valence-corrected chi connectivity index (χ0v) is 11.9. The summed E-state index contributed by atoms with van der Waals surface area (Å²) >= 11 is 5.71. The van der Waals surface area contributed by atoms with Gasteiger partial charge in [-0.25, -0.2) is 0 Å². The molecule has 0 bridgehead atoms. The third-order valence-corrected chi connectivity index (χ3v) is 2.72. The van der Waals surface area contributed by atoms with Gasteiger partial charge in [-0.05, 0) is 24.1 Å². The summed E-state index contributed by atoms with van der Waals surface area (Å²) < 4.78 is 37.7. The summed E-state index contributed by atoms with van der Waals surface area (Å²) in [6.45, 7) is 2.18. The molecule has 1 rings (SSSR count). The van der Waals surface area contributed by atoms with Crippen molar-refractivity contribution in [1.82, 2.24) is 4.90 Å². The van der Waals surface area contributed by atoms with E-state index in [1.165, 1.54) is 18.2 Å². The number of nitrogen functional groups attached to an aromatic ring is 1. The van der Waals surface area contributed by atoms with Gasteiger partial charge in [0.25, 0.3) is 5.91 Å². The molecule has 0 aliphatic heterocycles. The van der Waals surface area contributed by atoms with Crippen LogP contribution in [0.2, 0.25) is 5.02 Å². The summed E-state index contributed by atoms with van der Waals surface area (Å²) in [4.78, 5) is 12.9. The summed E-state index contributed by atoms with van der Waals surface area (Å²) in [5, 5.41) is 0.324. The Labute approximate surface area is 120 Å². The van der Waals surface area contributed by atoms with Crippen LogP contribution in [0.5, 0.6) is 0 Å². The van der Waals surface area contributed by atoms with Gasteiger partial charge in [0.2, 0.25) is 0 Å². The van der Waals surface area contributed by atoms with Gasteiger partial charge in [0.1, 0.15) is 6.54 Å². The molecule has 1 aromatic rings. The number of halogens is 4. The molecule has 3 nitrogen and oxygen atoms in total. The summed E-state index contributed by atoms with van der Waals surface area (Å²) in [6.07, 6.45) is -4.45. The molecule has 0 radical (unpaired) electrons. The molecular formula is C13H16ClF3N2O. The molecule has 112 valence electrons. The number of alkyl halides is 3. The highest BCUT2D eigenvalue weighted by Crippen LogP contribution is 2.23. The van der Waals surface area contributed by atoms with Crippen molar-refractivity contribution in [3.63, 3.8) is 0 Å². The van der Waals surface area contributed by atoms with Gasteiger partial charge in [-0.3, -0.25) is 4.79 Å². The monoisotopic (exact) mass is 308 g/mol. The molecule has 1 amide bonds. The number of anilines is 1. The third-order valence-electron chi connectivity index (χ3n) is 2.49. The largest absolute Gasteiger partial charge is 0.406 e. The number of carbonyl (C=O) groups is 1. The van der Waals surface area contributed by atoms with Gasteiger partial charge in [0.15, 0.2) is 0 Å². The number of carbonyl (C=O) groups excluding carboxylic acids is 1. The lowest BCUT2D eigenvalue weighted by atomic mass is 10.1. The molecule has 0 saturated heterocycles. The first-order chi connectivity index (χ1) is 9.10. The van der Waals surface area contributed by atoms with Crippen LogP contribution in [0.3, 0.4) is 0 Å². The Kier molecular flexibility index (Phi) is 5.28. The van der Waals surface area contributed by atoms with Crippen molar-refractivity contribution in [2.45, 2.75) is 20.0 Å². The summed E-state index contributed by atoms with van der Waals surface area (Å²) in [5.74, 6) is -0.833. The molecule has 0 heterocycles. The van der Waals surface area contributed by atoms with Crippen molar-refractivity contribution >= 4 is 23.2 Å². The first-order valence-electron chi connectivity index (χ1n) is 6.01. The number of rotatable bonds is 4. The average Bonchev–Trinajstić information content (AvgIpc) is 2.24. The molecule has 20 heavy (non-hydrogen) atoms. The Morgan fingerprint density at radius 2 is 2.00 bits per heavy atom. The van der Waals surface area contributed by atoms with Gasteiger partial charge >= 0.3 is 6.18 Å². The zero-order valence-electron chi connectivity index (χ0n) is 11.2. The van der Waals surface area contributed by atoms with Gasteiger partial charge in [-0.2, -0.15) is 13.2 Å². The summed E-state index contributed by atoms with van der Waals surface area (Å²) in [7, 11) is 0. The predicted octanol–water partition coefficient (Wildman–Crippen LogP) is 3.58. The fraction of sp³-hybridized carbons (Fsp3) is 0.462. The second kappa shape index (κ2) is 6.35. The molecule has 7 heteroatoms. The minimum Gasteiger partial charge on any atom is -0.398 e. The van der Waals surface area contributed by atoms with Crippen LogP contribution in [-0.4, -0.2) is 30.1 Å². The first-order valence-corrected chi connectivity index (χ1v) is 6.39. The van der Waals surface area contributed by atoms with E-state index in [0.717, 1.165) is 4.90 Å². The molecule has 0 saturated carbocycles. The zero-order chi connectivity index (χ0) is 15.5. The molecule has 0 aromatic heterocycles. The molecule has 0 spiro atoms. The number of hydrogen-bond donors (Lipinski definition) is 1. The van der Waals surface area contributed by atoms with Crippen LogP contribution in [0, 0.1) is 5.92 Å². The van der Waals surface area contributed by atoms with Gasteiger partial charge in [-0.1, -0.05) is 25.4 Å². The molecule has 0 aliphatic rings. The van der Waals surface area contributed by atoms with Crippen molar-refractivity contribution < 1.29 is 18.0 Å². The fourth-order valence-corrected chi connectivity index (χ4v) is 1.96. The van der Waals surface area contributed by atoms with Gasteiger partial charge < -0.3 is 10.6 Å². The van der Waals surface area contributed by atoms with Crippen LogP contribution in [0.25, 0.3) is 0 Å².